The number of Topliss-reactive ketones (excluding diaryl/α,β-unsaturated/α-hetero) is 1. The van der Waals surface area contributed by atoms with Crippen molar-refractivity contribution < 1.29 is 4.79 Å². The molecule has 1 fully saturated rings. The van der Waals surface area contributed by atoms with Gasteiger partial charge in [0.25, 0.3) is 0 Å². The van der Waals surface area contributed by atoms with Crippen LogP contribution >= 0.6 is 0 Å². The molecule has 2 unspecified atom stereocenters. The number of aryl methyl sites for hydroxylation is 2. The van der Waals surface area contributed by atoms with Crippen LogP contribution in [0.5, 0.6) is 0 Å². The summed E-state index contributed by atoms with van der Waals surface area (Å²) in [5.74, 6) is 1.08. The van der Waals surface area contributed by atoms with Crippen molar-refractivity contribution in [1.29, 1.82) is 0 Å². The van der Waals surface area contributed by atoms with Crippen LogP contribution in [0.4, 0.5) is 0 Å². The second kappa shape index (κ2) is 6.33. The molecule has 104 valence electrons. The molecule has 2 heteroatoms. The fraction of sp³-hybridized carbons (Fsp3) is 0.588. The molecule has 1 aromatic carbocycles. The lowest BCUT2D eigenvalue weighted by molar-refractivity contribution is 0.0956. The maximum Gasteiger partial charge on any atom is 0.164 e. The third kappa shape index (κ3) is 3.66. The number of nitrogens with one attached hydrogen (secondary N) is 1. The zero-order valence-electron chi connectivity index (χ0n) is 12.3. The molecule has 0 aliphatic carbocycles. The molecule has 19 heavy (non-hydrogen) atoms. The van der Waals surface area contributed by atoms with Gasteiger partial charge in [-0.2, -0.15) is 0 Å². The van der Waals surface area contributed by atoms with Crippen LogP contribution in [0.1, 0.15) is 54.1 Å². The zero-order valence-corrected chi connectivity index (χ0v) is 12.3. The average molecular weight is 259 g/mol. The van der Waals surface area contributed by atoms with Crippen molar-refractivity contribution in [2.75, 3.05) is 6.54 Å². The van der Waals surface area contributed by atoms with Crippen LogP contribution in [0.2, 0.25) is 0 Å². The van der Waals surface area contributed by atoms with Gasteiger partial charge in [-0.25, -0.2) is 0 Å². The Morgan fingerprint density at radius 2 is 2.16 bits per heavy atom. The molecule has 0 saturated carbocycles. The lowest BCUT2D eigenvalue weighted by Gasteiger charge is -2.29. The van der Waals surface area contributed by atoms with Gasteiger partial charge in [-0.3, -0.25) is 4.79 Å². The van der Waals surface area contributed by atoms with Crippen molar-refractivity contribution in [2.24, 2.45) is 5.92 Å². The van der Waals surface area contributed by atoms with Crippen LogP contribution in [0.15, 0.2) is 18.2 Å². The highest BCUT2D eigenvalue weighted by molar-refractivity contribution is 5.98. The Labute approximate surface area is 116 Å². The van der Waals surface area contributed by atoms with E-state index < -0.39 is 0 Å². The van der Waals surface area contributed by atoms with E-state index in [0.717, 1.165) is 35.6 Å². The fourth-order valence-corrected chi connectivity index (χ4v) is 2.99. The predicted octanol–water partition coefficient (Wildman–Crippen LogP) is 3.65. The van der Waals surface area contributed by atoms with Crippen LogP contribution in [-0.2, 0) is 0 Å². The highest BCUT2D eigenvalue weighted by Crippen LogP contribution is 2.22. The molecule has 0 amide bonds. The monoisotopic (exact) mass is 259 g/mol. The molecule has 1 heterocycles. The third-order valence-corrected chi connectivity index (χ3v) is 4.31. The highest BCUT2D eigenvalue weighted by Gasteiger charge is 2.23. The topological polar surface area (TPSA) is 29.1 Å². The Bertz CT molecular complexity index is 453. The molecule has 1 aliphatic heterocycles. The van der Waals surface area contributed by atoms with Crippen LogP contribution in [0.25, 0.3) is 0 Å². The molecule has 2 nitrogen and oxygen atoms in total. The van der Waals surface area contributed by atoms with Crippen LogP contribution in [-0.4, -0.2) is 18.4 Å². The molecule has 1 N–H and O–H groups in total. The Kier molecular flexibility index (Phi) is 4.76. The van der Waals surface area contributed by atoms with E-state index in [9.17, 15) is 4.79 Å². The molecular formula is C17H25NO. The summed E-state index contributed by atoms with van der Waals surface area (Å²) >= 11 is 0. The number of piperidine rings is 1. The third-order valence-electron chi connectivity index (χ3n) is 4.31. The van der Waals surface area contributed by atoms with E-state index in [4.69, 9.17) is 0 Å². The maximum atomic E-state index is 12.4. The highest BCUT2D eigenvalue weighted by atomic mass is 16.1. The number of rotatable bonds is 4. The molecule has 2 atom stereocenters. The number of carbonyl (C=O) groups excluding carboxylic acids is 1. The number of ketones is 1. The van der Waals surface area contributed by atoms with Gasteiger partial charge in [0.2, 0.25) is 0 Å². The fourth-order valence-electron chi connectivity index (χ4n) is 2.99. The second-order valence-electron chi connectivity index (χ2n) is 5.90. The number of benzene rings is 1. The summed E-state index contributed by atoms with van der Waals surface area (Å²) in [4.78, 5) is 12.4. The zero-order chi connectivity index (χ0) is 13.8. The van der Waals surface area contributed by atoms with E-state index in [1.165, 1.54) is 12.8 Å². The van der Waals surface area contributed by atoms with Gasteiger partial charge >= 0.3 is 0 Å². The Balaban J connectivity index is 2.02. The van der Waals surface area contributed by atoms with E-state index in [2.05, 4.69) is 18.3 Å². The molecule has 0 bridgehead atoms. The molecule has 1 aliphatic rings. The normalized spacial score (nSPS) is 23.3. The lowest BCUT2D eigenvalue weighted by atomic mass is 9.87. The van der Waals surface area contributed by atoms with Gasteiger partial charge in [-0.15, -0.1) is 0 Å². The van der Waals surface area contributed by atoms with E-state index in [1.54, 1.807) is 0 Å². The van der Waals surface area contributed by atoms with E-state index in [1.807, 2.05) is 26.0 Å². The molecule has 1 aromatic rings. The number of hydrogen-bond acceptors (Lipinski definition) is 2. The Morgan fingerprint density at radius 1 is 1.37 bits per heavy atom. The first-order chi connectivity index (χ1) is 9.10. The minimum atomic E-state index is 0.287. The molecule has 0 aromatic heterocycles. The summed E-state index contributed by atoms with van der Waals surface area (Å²) in [6.45, 7) is 7.38. The van der Waals surface area contributed by atoms with Crippen LogP contribution in [0, 0.1) is 19.8 Å². The summed E-state index contributed by atoms with van der Waals surface area (Å²) in [5.41, 5.74) is 3.16. The first-order valence-corrected chi connectivity index (χ1v) is 7.44. The minimum absolute atomic E-state index is 0.287. The first-order valence-electron chi connectivity index (χ1n) is 7.44. The maximum absolute atomic E-state index is 12.4. The summed E-state index contributed by atoms with van der Waals surface area (Å²) in [6, 6.07) is 6.51. The quantitative estimate of drug-likeness (QED) is 0.836. The predicted molar refractivity (Wildman–Crippen MR) is 79.7 cm³/mol. The second-order valence-corrected chi connectivity index (χ2v) is 5.90. The summed E-state index contributed by atoms with van der Waals surface area (Å²) in [7, 11) is 0. The first kappa shape index (κ1) is 14.3. The van der Waals surface area contributed by atoms with E-state index >= 15 is 0 Å². The van der Waals surface area contributed by atoms with Gasteiger partial charge < -0.3 is 5.32 Å². The minimum Gasteiger partial charge on any atom is -0.314 e. The van der Waals surface area contributed by atoms with Crippen molar-refractivity contribution >= 4 is 5.78 Å². The number of carbonyl (C=O) groups is 1. The number of hydrogen-bond donors (Lipinski definition) is 1. The molecule has 0 spiro atoms. The standard InChI is InChI=1S/C17H25NO/c1-4-14-7-8-18-15(10-14)11-17(19)16-9-12(2)5-6-13(16)3/h5-6,9,14-15,18H,4,7-8,10-11H2,1-3H3. The Morgan fingerprint density at radius 3 is 2.89 bits per heavy atom. The summed E-state index contributed by atoms with van der Waals surface area (Å²) in [5, 5.41) is 3.50. The van der Waals surface area contributed by atoms with E-state index in [-0.39, 0.29) is 5.78 Å². The van der Waals surface area contributed by atoms with Gasteiger partial charge in [0, 0.05) is 18.0 Å². The van der Waals surface area contributed by atoms with Crippen LogP contribution < -0.4 is 5.32 Å². The van der Waals surface area contributed by atoms with Crippen molar-refractivity contribution in [3.63, 3.8) is 0 Å². The lowest BCUT2D eigenvalue weighted by Crippen LogP contribution is -2.39. The van der Waals surface area contributed by atoms with Gasteiger partial charge in [0.1, 0.15) is 0 Å². The van der Waals surface area contributed by atoms with E-state index in [0.29, 0.717) is 12.5 Å². The van der Waals surface area contributed by atoms with Crippen molar-refractivity contribution in [1.82, 2.24) is 5.32 Å². The molecule has 1 saturated heterocycles. The summed E-state index contributed by atoms with van der Waals surface area (Å²) in [6.07, 6.45) is 4.27. The molecular weight excluding hydrogens is 234 g/mol. The van der Waals surface area contributed by atoms with Gasteiger partial charge in [-0.05, 0) is 50.8 Å². The Hall–Kier alpha value is -1.15. The summed E-state index contributed by atoms with van der Waals surface area (Å²) < 4.78 is 0. The molecule has 2 rings (SSSR count). The molecule has 0 radical (unpaired) electrons. The average Bonchev–Trinajstić information content (AvgIpc) is 2.41. The van der Waals surface area contributed by atoms with Gasteiger partial charge in [0.15, 0.2) is 5.78 Å². The largest absolute Gasteiger partial charge is 0.314 e. The van der Waals surface area contributed by atoms with Crippen LogP contribution in [0.3, 0.4) is 0 Å². The van der Waals surface area contributed by atoms with Gasteiger partial charge in [0.05, 0.1) is 0 Å². The van der Waals surface area contributed by atoms with Crippen molar-refractivity contribution in [3.05, 3.63) is 34.9 Å². The smallest absolute Gasteiger partial charge is 0.164 e. The van der Waals surface area contributed by atoms with Crippen molar-refractivity contribution in [2.45, 2.75) is 52.5 Å². The van der Waals surface area contributed by atoms with Crippen molar-refractivity contribution in [3.8, 4) is 0 Å². The van der Waals surface area contributed by atoms with Gasteiger partial charge in [-0.1, -0.05) is 31.0 Å². The SMILES string of the molecule is CCC1CCNC(CC(=O)c2cc(C)ccc2C)C1.